The van der Waals surface area contributed by atoms with E-state index >= 15 is 8.78 Å². The molecule has 0 spiro atoms. The van der Waals surface area contributed by atoms with Gasteiger partial charge in [0.05, 0.1) is 11.7 Å². The molecule has 0 aromatic carbocycles. The zero-order chi connectivity index (χ0) is 26.3. The molecule has 4 aromatic rings. The summed E-state index contributed by atoms with van der Waals surface area (Å²) < 4.78 is 52.3. The van der Waals surface area contributed by atoms with Gasteiger partial charge < -0.3 is 15.6 Å². The maximum absolute atomic E-state index is 15.4. The quantitative estimate of drug-likeness (QED) is 0.296. The van der Waals surface area contributed by atoms with Crippen LogP contribution in [0.5, 0.6) is 0 Å². The first-order chi connectivity index (χ1) is 17.8. The molecule has 1 aliphatic heterocycles. The van der Waals surface area contributed by atoms with Gasteiger partial charge in [0.2, 0.25) is 5.82 Å². The first-order valence-corrected chi connectivity index (χ1v) is 11.3. The molecule has 3 N–H and O–H groups in total. The Bertz CT molecular complexity index is 1520. The summed E-state index contributed by atoms with van der Waals surface area (Å²) in [5.41, 5.74) is 7.71. The van der Waals surface area contributed by atoms with Crippen molar-refractivity contribution in [2.45, 2.75) is 32.4 Å². The smallest absolute Gasteiger partial charge is 0.353 e. The Hall–Kier alpha value is -4.49. The average Bonchev–Trinajstić information content (AvgIpc) is 3.62. The summed E-state index contributed by atoms with van der Waals surface area (Å²) in [6.45, 7) is 2.46. The van der Waals surface area contributed by atoms with Crippen molar-refractivity contribution in [1.29, 1.82) is 0 Å². The Morgan fingerprint density at radius 2 is 2.11 bits per heavy atom. The van der Waals surface area contributed by atoms with Crippen molar-refractivity contribution in [1.82, 2.24) is 34.6 Å². The highest BCUT2D eigenvalue weighted by Gasteiger charge is 2.47. The molecule has 14 heteroatoms. The zero-order valence-corrected chi connectivity index (χ0v) is 20.2. The third-order valence-corrected chi connectivity index (χ3v) is 6.17. The second-order valence-electron chi connectivity index (χ2n) is 8.54. The SMILES string of the molecule is CN=C(C=CN)Nc1cc(-c2cc3n(c2)C[C@H](CF)n2c-3nnc2C(F)(F)c2nonc2C)c(C)cn1. The Balaban J connectivity index is 1.57. The van der Waals surface area contributed by atoms with Crippen LogP contribution in [0.25, 0.3) is 22.6 Å². The van der Waals surface area contributed by atoms with E-state index in [1.165, 1.54) is 13.1 Å². The van der Waals surface area contributed by atoms with Crippen molar-refractivity contribution >= 4 is 11.7 Å². The number of nitrogens with two attached hydrogens (primary N) is 1. The normalized spacial score (nSPS) is 15.7. The molecule has 37 heavy (non-hydrogen) atoms. The number of hydrogen-bond acceptors (Lipinski definition) is 8. The van der Waals surface area contributed by atoms with Gasteiger partial charge in [0.15, 0.2) is 11.5 Å². The van der Waals surface area contributed by atoms with Crippen molar-refractivity contribution in [3.8, 4) is 22.6 Å². The van der Waals surface area contributed by atoms with Crippen molar-refractivity contribution in [3.63, 3.8) is 0 Å². The van der Waals surface area contributed by atoms with Gasteiger partial charge in [0.25, 0.3) is 0 Å². The van der Waals surface area contributed by atoms with Crippen LogP contribution in [-0.4, -0.2) is 54.2 Å². The van der Waals surface area contributed by atoms with E-state index in [9.17, 15) is 4.39 Å². The van der Waals surface area contributed by atoms with Crippen LogP contribution in [0.15, 0.2) is 46.4 Å². The fourth-order valence-electron chi connectivity index (χ4n) is 4.37. The largest absolute Gasteiger partial charge is 0.404 e. The molecular weight excluding hydrogens is 489 g/mol. The fourth-order valence-corrected chi connectivity index (χ4v) is 4.37. The summed E-state index contributed by atoms with van der Waals surface area (Å²) in [6.07, 6.45) is 6.50. The Labute approximate surface area is 208 Å². The van der Waals surface area contributed by atoms with Crippen molar-refractivity contribution in [2.75, 3.05) is 19.0 Å². The molecule has 0 amide bonds. The first kappa shape index (κ1) is 24.2. The summed E-state index contributed by atoms with van der Waals surface area (Å²) in [6, 6.07) is 2.70. The third kappa shape index (κ3) is 4.03. The summed E-state index contributed by atoms with van der Waals surface area (Å²) in [5, 5.41) is 17.6. The minimum atomic E-state index is -3.68. The van der Waals surface area contributed by atoms with Gasteiger partial charge >= 0.3 is 5.92 Å². The number of aliphatic imine (C=N–C) groups is 1. The molecule has 5 rings (SSSR count). The van der Waals surface area contributed by atoms with Crippen LogP contribution in [0.2, 0.25) is 0 Å². The van der Waals surface area contributed by atoms with Gasteiger partial charge in [-0.3, -0.25) is 9.56 Å². The van der Waals surface area contributed by atoms with Crippen molar-refractivity contribution < 1.29 is 17.8 Å². The summed E-state index contributed by atoms with van der Waals surface area (Å²) in [5.74, 6) is -3.22. The number of rotatable bonds is 6. The van der Waals surface area contributed by atoms with E-state index in [1.807, 2.05) is 19.2 Å². The standard InChI is InChI=1S/C23H23F3N10O/c1-12-9-29-19(30-18(28-3)4-5-27)7-16(12)14-6-17-21-31-32-22(23(25,26)20-13(2)33-37-34-20)36(21)15(8-24)11-35(17)10-14/h4-7,9-10,15H,8,11,27H2,1-3H3,(H,28,29,30)/t15-/m0/s1. The van der Waals surface area contributed by atoms with E-state index in [4.69, 9.17) is 5.73 Å². The first-order valence-electron chi connectivity index (χ1n) is 11.3. The molecule has 4 aromatic heterocycles. The molecule has 1 aliphatic rings. The van der Waals surface area contributed by atoms with Crippen LogP contribution in [0.1, 0.15) is 28.8 Å². The van der Waals surface area contributed by atoms with E-state index in [0.29, 0.717) is 17.3 Å². The monoisotopic (exact) mass is 512 g/mol. The lowest BCUT2D eigenvalue weighted by Gasteiger charge is -2.27. The Morgan fingerprint density at radius 3 is 2.78 bits per heavy atom. The van der Waals surface area contributed by atoms with Gasteiger partial charge in [-0.05, 0) is 54.5 Å². The van der Waals surface area contributed by atoms with Gasteiger partial charge in [-0.25, -0.2) is 14.0 Å². The average molecular weight is 513 g/mol. The maximum atomic E-state index is 15.4. The van der Waals surface area contributed by atoms with Gasteiger partial charge in [-0.1, -0.05) is 5.16 Å². The minimum absolute atomic E-state index is 0.0866. The molecule has 5 heterocycles. The number of nitrogens with zero attached hydrogens (tertiary/aromatic N) is 8. The number of amidine groups is 1. The second kappa shape index (κ2) is 9.19. The molecule has 1 atom stereocenters. The lowest BCUT2D eigenvalue weighted by atomic mass is 10.1. The summed E-state index contributed by atoms with van der Waals surface area (Å²) in [4.78, 5) is 8.49. The van der Waals surface area contributed by atoms with Crippen molar-refractivity contribution in [3.05, 3.63) is 59.6 Å². The number of aryl methyl sites for hydroxylation is 2. The highest BCUT2D eigenvalue weighted by Crippen LogP contribution is 2.41. The fraction of sp³-hybridized carbons (Fsp3) is 0.304. The van der Waals surface area contributed by atoms with Gasteiger partial charge in [0.1, 0.15) is 24.0 Å². The van der Waals surface area contributed by atoms with E-state index < -0.39 is 30.2 Å². The molecule has 0 bridgehead atoms. The van der Waals surface area contributed by atoms with E-state index in [0.717, 1.165) is 21.3 Å². The molecule has 192 valence electrons. The van der Waals surface area contributed by atoms with Gasteiger partial charge in [0, 0.05) is 31.5 Å². The van der Waals surface area contributed by atoms with E-state index in [2.05, 4.69) is 40.4 Å². The van der Waals surface area contributed by atoms with Crippen LogP contribution in [0, 0.1) is 13.8 Å². The number of anilines is 1. The Kier molecular flexibility index (Phi) is 6.01. The van der Waals surface area contributed by atoms with Gasteiger partial charge in [-0.15, -0.1) is 10.2 Å². The number of aromatic nitrogens is 7. The lowest BCUT2D eigenvalue weighted by molar-refractivity contribution is 0.0174. The maximum Gasteiger partial charge on any atom is 0.353 e. The molecule has 0 unspecified atom stereocenters. The number of pyridine rings is 1. The number of nitrogens with one attached hydrogen (secondary N) is 1. The molecule has 0 radical (unpaired) electrons. The number of fused-ring (bicyclic) bond motifs is 3. The van der Waals surface area contributed by atoms with Gasteiger partial charge in [-0.2, -0.15) is 8.78 Å². The predicted molar refractivity (Wildman–Crippen MR) is 129 cm³/mol. The van der Waals surface area contributed by atoms with Crippen LogP contribution in [0.3, 0.4) is 0 Å². The summed E-state index contributed by atoms with van der Waals surface area (Å²) in [7, 11) is 1.62. The highest BCUT2D eigenvalue weighted by atomic mass is 19.3. The van der Waals surface area contributed by atoms with Crippen LogP contribution in [-0.2, 0) is 12.5 Å². The van der Waals surface area contributed by atoms with Crippen LogP contribution < -0.4 is 11.1 Å². The van der Waals surface area contributed by atoms with Crippen LogP contribution in [0.4, 0.5) is 19.0 Å². The molecule has 0 fully saturated rings. The predicted octanol–water partition coefficient (Wildman–Crippen LogP) is 3.39. The number of alkyl halides is 3. The topological polar surface area (TPSA) is 138 Å². The second-order valence-corrected chi connectivity index (χ2v) is 8.54. The molecule has 11 nitrogen and oxygen atoms in total. The Morgan fingerprint density at radius 1 is 1.30 bits per heavy atom. The summed E-state index contributed by atoms with van der Waals surface area (Å²) >= 11 is 0. The number of halogens is 3. The highest BCUT2D eigenvalue weighted by molar-refractivity contribution is 6.03. The lowest BCUT2D eigenvalue weighted by Crippen LogP contribution is -2.30. The number of hydrogen-bond donors (Lipinski definition) is 2. The molecule has 0 aliphatic carbocycles. The molecule has 0 saturated carbocycles. The minimum Gasteiger partial charge on any atom is -0.404 e. The van der Waals surface area contributed by atoms with E-state index in [1.54, 1.807) is 30.0 Å². The molecular formula is C23H23F3N10O. The van der Waals surface area contributed by atoms with Crippen LogP contribution >= 0.6 is 0 Å². The third-order valence-electron chi connectivity index (χ3n) is 6.17. The van der Waals surface area contributed by atoms with Crippen molar-refractivity contribution in [2.24, 2.45) is 10.7 Å². The molecule has 0 saturated heterocycles. The van der Waals surface area contributed by atoms with E-state index in [-0.39, 0.29) is 18.1 Å². The zero-order valence-electron chi connectivity index (χ0n) is 20.2.